The molecule has 0 bridgehead atoms. The molecule has 0 saturated heterocycles. The number of aromatic amines is 1. The van der Waals surface area contributed by atoms with E-state index in [-0.39, 0.29) is 5.91 Å². The number of carbonyl (C=O) groups excluding carboxylic acids is 2. The molecular weight excluding hydrogens is 386 g/mol. The molecule has 0 aliphatic heterocycles. The average molecular weight is 402 g/mol. The van der Waals surface area contributed by atoms with Gasteiger partial charge in [0.05, 0.1) is 22.9 Å². The van der Waals surface area contributed by atoms with Crippen LogP contribution in [0.4, 0.5) is 5.69 Å². The number of carbonyl (C=O) groups is 2. The number of anilines is 1. The molecule has 1 aromatic heterocycles. The smallest absolute Gasteiger partial charge is 0.338 e. The van der Waals surface area contributed by atoms with Crippen molar-refractivity contribution in [2.24, 2.45) is 0 Å². The Bertz CT molecular complexity index is 905. The summed E-state index contributed by atoms with van der Waals surface area (Å²) in [6.07, 6.45) is 1.06. The third-order valence-electron chi connectivity index (χ3n) is 3.68. The van der Waals surface area contributed by atoms with Gasteiger partial charge in [0.15, 0.2) is 6.10 Å². The van der Waals surface area contributed by atoms with Gasteiger partial charge in [-0.3, -0.25) is 4.79 Å². The van der Waals surface area contributed by atoms with Crippen LogP contribution in [0.2, 0.25) is 0 Å². The maximum Gasteiger partial charge on any atom is 0.338 e. The van der Waals surface area contributed by atoms with Gasteiger partial charge in [-0.25, -0.2) is 9.78 Å². The number of rotatable bonds is 5. The molecule has 7 heteroatoms. The molecule has 128 valence electrons. The number of imidazole rings is 1. The Morgan fingerprint density at radius 1 is 1.24 bits per heavy atom. The first-order valence-corrected chi connectivity index (χ1v) is 8.56. The summed E-state index contributed by atoms with van der Waals surface area (Å²) >= 11 is 3.34. The summed E-state index contributed by atoms with van der Waals surface area (Å²) in [5, 5.41) is 2.75. The first-order chi connectivity index (χ1) is 12.1. The number of hydrogen-bond donors (Lipinski definition) is 2. The topological polar surface area (TPSA) is 84.1 Å². The summed E-state index contributed by atoms with van der Waals surface area (Å²) in [6.45, 7) is 1.79. The largest absolute Gasteiger partial charge is 0.449 e. The Morgan fingerprint density at radius 3 is 2.72 bits per heavy atom. The van der Waals surface area contributed by atoms with Gasteiger partial charge in [0.25, 0.3) is 5.91 Å². The fourth-order valence-corrected chi connectivity index (χ4v) is 2.60. The Balaban J connectivity index is 1.68. The van der Waals surface area contributed by atoms with Crippen molar-refractivity contribution in [1.82, 2.24) is 9.97 Å². The van der Waals surface area contributed by atoms with Crippen molar-refractivity contribution in [3.63, 3.8) is 0 Å². The van der Waals surface area contributed by atoms with Gasteiger partial charge in [-0.15, -0.1) is 0 Å². The van der Waals surface area contributed by atoms with Crippen LogP contribution < -0.4 is 5.32 Å². The highest BCUT2D eigenvalue weighted by Gasteiger charge is 2.22. The van der Waals surface area contributed by atoms with Crippen molar-refractivity contribution < 1.29 is 14.3 Å². The Morgan fingerprint density at radius 2 is 2.00 bits per heavy atom. The minimum absolute atomic E-state index is 0.360. The molecule has 0 aliphatic carbocycles. The first-order valence-electron chi connectivity index (χ1n) is 7.77. The number of fused-ring (bicyclic) bond motifs is 1. The predicted octanol–water partition coefficient (Wildman–Crippen LogP) is 3.90. The molecule has 0 radical (unpaired) electrons. The Kier molecular flexibility index (Phi) is 5.14. The van der Waals surface area contributed by atoms with E-state index in [2.05, 4.69) is 31.2 Å². The van der Waals surface area contributed by atoms with Crippen molar-refractivity contribution in [2.45, 2.75) is 19.4 Å². The second kappa shape index (κ2) is 7.48. The number of halogens is 1. The van der Waals surface area contributed by atoms with Crippen LogP contribution in [0.15, 0.2) is 53.3 Å². The van der Waals surface area contributed by atoms with Gasteiger partial charge in [0, 0.05) is 10.2 Å². The number of esters is 1. The average Bonchev–Trinajstić information content (AvgIpc) is 3.09. The molecule has 1 atom stereocenters. The maximum atomic E-state index is 12.4. The number of nitrogens with one attached hydrogen (secondary N) is 2. The van der Waals surface area contributed by atoms with Crippen LogP contribution in [-0.4, -0.2) is 27.9 Å². The van der Waals surface area contributed by atoms with Crippen molar-refractivity contribution >= 4 is 44.5 Å². The summed E-state index contributed by atoms with van der Waals surface area (Å²) in [7, 11) is 0. The van der Waals surface area contributed by atoms with E-state index in [0.717, 1.165) is 15.5 Å². The van der Waals surface area contributed by atoms with Crippen molar-refractivity contribution in [3.05, 3.63) is 58.8 Å². The van der Waals surface area contributed by atoms with Crippen LogP contribution >= 0.6 is 15.9 Å². The zero-order valence-corrected chi connectivity index (χ0v) is 15.0. The second-order valence-corrected chi connectivity index (χ2v) is 6.35. The van der Waals surface area contributed by atoms with Crippen molar-refractivity contribution in [3.8, 4) is 0 Å². The molecular formula is C18H16BrN3O3. The zero-order valence-electron chi connectivity index (χ0n) is 13.5. The lowest BCUT2D eigenvalue weighted by molar-refractivity contribution is -0.124. The predicted molar refractivity (Wildman–Crippen MR) is 98.4 cm³/mol. The quantitative estimate of drug-likeness (QED) is 0.634. The second-order valence-electron chi connectivity index (χ2n) is 5.43. The van der Waals surface area contributed by atoms with E-state index >= 15 is 0 Å². The van der Waals surface area contributed by atoms with E-state index < -0.39 is 12.1 Å². The van der Waals surface area contributed by atoms with Crippen LogP contribution in [0, 0.1) is 0 Å². The van der Waals surface area contributed by atoms with Gasteiger partial charge in [0.2, 0.25) is 0 Å². The molecule has 3 aromatic rings. The minimum atomic E-state index is -0.867. The molecule has 1 unspecified atom stereocenters. The van der Waals surface area contributed by atoms with Crippen LogP contribution in [0.3, 0.4) is 0 Å². The SMILES string of the molecule is CCC(OC(=O)c1ccc2nc[nH]c2c1)C(=O)Nc1ccc(Br)cc1. The lowest BCUT2D eigenvalue weighted by atomic mass is 10.2. The molecule has 2 N–H and O–H groups in total. The van der Waals surface area contributed by atoms with Crippen LogP contribution in [0.5, 0.6) is 0 Å². The number of H-pyrrole nitrogens is 1. The molecule has 3 rings (SSSR count). The van der Waals surface area contributed by atoms with Gasteiger partial charge in [-0.2, -0.15) is 0 Å². The lowest BCUT2D eigenvalue weighted by Crippen LogP contribution is -2.32. The normalized spacial score (nSPS) is 11.9. The summed E-state index contributed by atoms with van der Waals surface area (Å²) in [6, 6.07) is 12.2. The number of hydrogen-bond acceptors (Lipinski definition) is 4. The fraction of sp³-hybridized carbons (Fsp3) is 0.167. The standard InChI is InChI=1S/C18H16BrN3O3/c1-2-16(17(23)22-13-6-4-12(19)5-7-13)25-18(24)11-3-8-14-15(9-11)21-10-20-14/h3-10,16H,2H2,1H3,(H,20,21)(H,22,23). The number of nitrogens with zero attached hydrogens (tertiary/aromatic N) is 1. The van der Waals surface area contributed by atoms with Gasteiger partial charge in [-0.05, 0) is 48.9 Å². The van der Waals surface area contributed by atoms with Crippen LogP contribution in [-0.2, 0) is 9.53 Å². The van der Waals surface area contributed by atoms with E-state index in [0.29, 0.717) is 17.7 Å². The van der Waals surface area contributed by atoms with E-state index in [1.807, 2.05) is 12.1 Å². The third-order valence-corrected chi connectivity index (χ3v) is 4.21. The van der Waals surface area contributed by atoms with E-state index in [1.165, 1.54) is 0 Å². The number of amides is 1. The molecule has 25 heavy (non-hydrogen) atoms. The number of aromatic nitrogens is 2. The van der Waals surface area contributed by atoms with Crippen molar-refractivity contribution in [2.75, 3.05) is 5.32 Å². The van der Waals surface area contributed by atoms with Crippen molar-refractivity contribution in [1.29, 1.82) is 0 Å². The summed E-state index contributed by atoms with van der Waals surface area (Å²) in [5.74, 6) is -0.907. The number of benzene rings is 2. The van der Waals surface area contributed by atoms with Gasteiger partial charge < -0.3 is 15.0 Å². The van der Waals surface area contributed by atoms with Crippen LogP contribution in [0.25, 0.3) is 11.0 Å². The summed E-state index contributed by atoms with van der Waals surface area (Å²) in [5.41, 5.74) is 2.51. The number of ether oxygens (including phenoxy) is 1. The molecule has 1 heterocycles. The van der Waals surface area contributed by atoms with Gasteiger partial charge in [-0.1, -0.05) is 22.9 Å². The molecule has 2 aromatic carbocycles. The molecule has 0 aliphatic rings. The Labute approximate surface area is 152 Å². The highest BCUT2D eigenvalue weighted by atomic mass is 79.9. The molecule has 6 nitrogen and oxygen atoms in total. The maximum absolute atomic E-state index is 12.4. The summed E-state index contributed by atoms with van der Waals surface area (Å²) in [4.78, 5) is 31.7. The van der Waals surface area contributed by atoms with Gasteiger partial charge >= 0.3 is 5.97 Å². The molecule has 0 spiro atoms. The van der Waals surface area contributed by atoms with E-state index in [1.54, 1.807) is 43.6 Å². The van der Waals surface area contributed by atoms with E-state index in [9.17, 15) is 9.59 Å². The zero-order chi connectivity index (χ0) is 17.8. The minimum Gasteiger partial charge on any atom is -0.449 e. The molecule has 0 saturated carbocycles. The van der Waals surface area contributed by atoms with Gasteiger partial charge in [0.1, 0.15) is 0 Å². The molecule has 1 amide bonds. The lowest BCUT2D eigenvalue weighted by Gasteiger charge is -2.16. The van der Waals surface area contributed by atoms with E-state index in [4.69, 9.17) is 4.74 Å². The van der Waals surface area contributed by atoms with Crippen LogP contribution in [0.1, 0.15) is 23.7 Å². The third kappa shape index (κ3) is 4.06. The fourth-order valence-electron chi connectivity index (χ4n) is 2.34. The Hall–Kier alpha value is -2.67. The highest BCUT2D eigenvalue weighted by Crippen LogP contribution is 2.17. The monoisotopic (exact) mass is 401 g/mol. The molecule has 0 fully saturated rings. The summed E-state index contributed by atoms with van der Waals surface area (Å²) < 4.78 is 6.29. The highest BCUT2D eigenvalue weighted by molar-refractivity contribution is 9.10. The first kappa shape index (κ1) is 17.2.